The van der Waals surface area contributed by atoms with Gasteiger partial charge in [0.1, 0.15) is 12.4 Å². The van der Waals surface area contributed by atoms with Gasteiger partial charge in [0.15, 0.2) is 0 Å². The minimum atomic E-state index is -0.519. The lowest BCUT2D eigenvalue weighted by atomic mass is 10.1. The van der Waals surface area contributed by atoms with Crippen molar-refractivity contribution in [2.45, 2.75) is 25.9 Å². The molecule has 1 saturated heterocycles. The van der Waals surface area contributed by atoms with E-state index in [1.165, 1.54) is 12.1 Å². The maximum Gasteiger partial charge on any atom is 0.270 e. The van der Waals surface area contributed by atoms with E-state index in [0.717, 1.165) is 25.0 Å². The third kappa shape index (κ3) is 4.95. The number of carbonyl (C=O) groups excluding carboxylic acids is 1. The lowest BCUT2D eigenvalue weighted by Crippen LogP contribution is -2.18. The molecular formula is C19H19IN2O5. The van der Waals surface area contributed by atoms with Crippen molar-refractivity contribution in [1.82, 2.24) is 0 Å². The van der Waals surface area contributed by atoms with Gasteiger partial charge in [0.2, 0.25) is 0 Å². The Hall–Kier alpha value is -2.20. The number of amides is 1. The number of ether oxygens (including phenoxy) is 2. The largest absolute Gasteiger partial charge is 0.489 e. The van der Waals surface area contributed by atoms with Crippen molar-refractivity contribution in [3.63, 3.8) is 0 Å². The highest BCUT2D eigenvalue weighted by Gasteiger charge is 2.19. The average Bonchev–Trinajstić information content (AvgIpc) is 3.15. The molecule has 1 aliphatic rings. The third-order valence-corrected chi connectivity index (χ3v) is 5.18. The Bertz CT molecular complexity index is 865. The second-order valence-electron chi connectivity index (χ2n) is 6.32. The van der Waals surface area contributed by atoms with E-state index < -0.39 is 10.8 Å². The number of benzene rings is 2. The zero-order chi connectivity index (χ0) is 19.4. The predicted octanol–water partition coefficient (Wildman–Crippen LogP) is 4.32. The summed E-state index contributed by atoms with van der Waals surface area (Å²) < 4.78 is 12.1. The molecule has 1 unspecified atom stereocenters. The summed E-state index contributed by atoms with van der Waals surface area (Å²) in [6.45, 7) is 3.10. The molecule has 27 heavy (non-hydrogen) atoms. The Morgan fingerprint density at radius 2 is 2.19 bits per heavy atom. The molecule has 0 radical (unpaired) electrons. The van der Waals surface area contributed by atoms with Crippen LogP contribution in [0.1, 0.15) is 28.8 Å². The van der Waals surface area contributed by atoms with Gasteiger partial charge in [-0.25, -0.2) is 0 Å². The minimum absolute atomic E-state index is 0.0618. The van der Waals surface area contributed by atoms with Crippen molar-refractivity contribution >= 4 is 39.9 Å². The molecule has 1 amide bonds. The first-order valence-corrected chi connectivity index (χ1v) is 9.62. The number of rotatable bonds is 6. The fourth-order valence-electron chi connectivity index (χ4n) is 2.80. The summed E-state index contributed by atoms with van der Waals surface area (Å²) in [4.78, 5) is 23.2. The molecule has 1 N–H and O–H groups in total. The van der Waals surface area contributed by atoms with Crippen LogP contribution in [0.2, 0.25) is 0 Å². The zero-order valence-electron chi connectivity index (χ0n) is 14.7. The van der Waals surface area contributed by atoms with Crippen LogP contribution < -0.4 is 10.1 Å². The molecule has 1 heterocycles. The summed E-state index contributed by atoms with van der Waals surface area (Å²) in [6.07, 6.45) is 2.04. The van der Waals surface area contributed by atoms with Crippen LogP contribution in [-0.4, -0.2) is 30.1 Å². The summed E-state index contributed by atoms with van der Waals surface area (Å²) in [5.41, 5.74) is 1.64. The Kier molecular flexibility index (Phi) is 6.27. The average molecular weight is 482 g/mol. The Morgan fingerprint density at radius 3 is 2.89 bits per heavy atom. The van der Waals surface area contributed by atoms with Gasteiger partial charge in [-0.3, -0.25) is 14.9 Å². The molecule has 2 aromatic carbocycles. The smallest absolute Gasteiger partial charge is 0.270 e. The second kappa shape index (κ2) is 8.66. The SMILES string of the molecule is Cc1ccc(NC(=O)c2cc([N+](=O)[O-])ccc2I)c(OCC2CCCO2)c1. The molecule has 0 aliphatic carbocycles. The van der Waals surface area contributed by atoms with Gasteiger partial charge in [0, 0.05) is 22.3 Å². The normalized spacial score (nSPS) is 16.1. The van der Waals surface area contributed by atoms with Gasteiger partial charge in [-0.2, -0.15) is 0 Å². The highest BCUT2D eigenvalue weighted by molar-refractivity contribution is 14.1. The number of nitro benzene ring substituents is 1. The molecule has 3 rings (SSSR count). The molecule has 8 heteroatoms. The van der Waals surface area contributed by atoms with Crippen LogP contribution in [0, 0.1) is 20.6 Å². The van der Waals surface area contributed by atoms with Crippen LogP contribution in [-0.2, 0) is 4.74 Å². The second-order valence-corrected chi connectivity index (χ2v) is 7.48. The van der Waals surface area contributed by atoms with E-state index in [-0.39, 0.29) is 17.4 Å². The van der Waals surface area contributed by atoms with Crippen LogP contribution in [0.5, 0.6) is 5.75 Å². The van der Waals surface area contributed by atoms with Gasteiger partial charge in [-0.1, -0.05) is 6.07 Å². The van der Waals surface area contributed by atoms with Gasteiger partial charge in [0.05, 0.1) is 22.3 Å². The first-order valence-electron chi connectivity index (χ1n) is 8.54. The Balaban J connectivity index is 1.79. The van der Waals surface area contributed by atoms with Crippen molar-refractivity contribution < 1.29 is 19.2 Å². The van der Waals surface area contributed by atoms with Crippen LogP contribution in [0.4, 0.5) is 11.4 Å². The molecule has 0 bridgehead atoms. The van der Waals surface area contributed by atoms with E-state index >= 15 is 0 Å². The minimum Gasteiger partial charge on any atom is -0.489 e. The molecule has 1 aliphatic heterocycles. The van der Waals surface area contributed by atoms with Crippen molar-refractivity contribution in [2.24, 2.45) is 0 Å². The third-order valence-electron chi connectivity index (χ3n) is 4.24. The number of nitro groups is 1. The van der Waals surface area contributed by atoms with E-state index in [9.17, 15) is 14.9 Å². The Labute approximate surface area is 170 Å². The number of aryl methyl sites for hydroxylation is 1. The standard InChI is InChI=1S/C19H19IN2O5/c1-12-4-7-17(18(9-12)27-11-14-3-2-8-26-14)21-19(23)15-10-13(22(24)25)5-6-16(15)20/h4-7,9-10,14H,2-3,8,11H2,1H3,(H,21,23). The van der Waals surface area contributed by atoms with Gasteiger partial charge in [-0.15, -0.1) is 0 Å². The first-order chi connectivity index (χ1) is 12.9. The van der Waals surface area contributed by atoms with E-state index in [1.807, 2.05) is 41.6 Å². The van der Waals surface area contributed by atoms with Gasteiger partial charge in [-0.05, 0) is 66.1 Å². The molecule has 0 spiro atoms. The molecule has 0 saturated carbocycles. The highest BCUT2D eigenvalue weighted by Crippen LogP contribution is 2.28. The molecule has 1 atom stereocenters. The summed E-state index contributed by atoms with van der Waals surface area (Å²) in [5.74, 6) is 0.133. The van der Waals surface area contributed by atoms with Crippen LogP contribution in [0.3, 0.4) is 0 Å². The zero-order valence-corrected chi connectivity index (χ0v) is 16.9. The van der Waals surface area contributed by atoms with Gasteiger partial charge >= 0.3 is 0 Å². The number of nitrogens with one attached hydrogen (secondary N) is 1. The van der Waals surface area contributed by atoms with Crippen molar-refractivity contribution in [3.8, 4) is 5.75 Å². The van der Waals surface area contributed by atoms with Crippen LogP contribution in [0.15, 0.2) is 36.4 Å². The fraction of sp³-hybridized carbons (Fsp3) is 0.316. The molecular weight excluding hydrogens is 463 g/mol. The lowest BCUT2D eigenvalue weighted by molar-refractivity contribution is -0.384. The fourth-order valence-corrected chi connectivity index (χ4v) is 3.38. The topological polar surface area (TPSA) is 90.7 Å². The lowest BCUT2D eigenvalue weighted by Gasteiger charge is -2.16. The van der Waals surface area contributed by atoms with E-state index in [2.05, 4.69) is 5.32 Å². The Morgan fingerprint density at radius 1 is 1.37 bits per heavy atom. The maximum atomic E-state index is 12.7. The number of halogens is 1. The molecule has 2 aromatic rings. The summed E-state index contributed by atoms with van der Waals surface area (Å²) in [6, 6.07) is 9.69. The molecule has 7 nitrogen and oxygen atoms in total. The molecule has 142 valence electrons. The van der Waals surface area contributed by atoms with E-state index in [0.29, 0.717) is 21.6 Å². The monoisotopic (exact) mass is 482 g/mol. The molecule has 1 fully saturated rings. The van der Waals surface area contributed by atoms with Gasteiger partial charge in [0.25, 0.3) is 11.6 Å². The number of non-ortho nitro benzene ring substituents is 1. The first kappa shape index (κ1) is 19.6. The highest BCUT2D eigenvalue weighted by atomic mass is 127. The number of hydrogen-bond acceptors (Lipinski definition) is 5. The van der Waals surface area contributed by atoms with Gasteiger partial charge < -0.3 is 14.8 Å². The maximum absolute atomic E-state index is 12.7. The number of carbonyl (C=O) groups is 1. The summed E-state index contributed by atoms with van der Waals surface area (Å²) in [7, 11) is 0. The number of anilines is 1. The van der Waals surface area contributed by atoms with Crippen molar-refractivity contribution in [1.29, 1.82) is 0 Å². The summed E-state index contributed by atoms with van der Waals surface area (Å²) in [5, 5.41) is 13.8. The predicted molar refractivity (Wildman–Crippen MR) is 109 cm³/mol. The number of hydrogen-bond donors (Lipinski definition) is 1. The van der Waals surface area contributed by atoms with Crippen LogP contribution in [0.25, 0.3) is 0 Å². The molecule has 0 aromatic heterocycles. The van der Waals surface area contributed by atoms with Crippen molar-refractivity contribution in [3.05, 3.63) is 61.2 Å². The van der Waals surface area contributed by atoms with Crippen LogP contribution >= 0.6 is 22.6 Å². The summed E-state index contributed by atoms with van der Waals surface area (Å²) >= 11 is 1.98. The quantitative estimate of drug-likeness (QED) is 0.377. The van der Waals surface area contributed by atoms with E-state index in [1.54, 1.807) is 12.1 Å². The van der Waals surface area contributed by atoms with E-state index in [4.69, 9.17) is 9.47 Å². The number of nitrogens with zero attached hydrogens (tertiary/aromatic N) is 1. The van der Waals surface area contributed by atoms with Crippen molar-refractivity contribution in [2.75, 3.05) is 18.5 Å².